The van der Waals surface area contributed by atoms with Crippen molar-refractivity contribution in [3.8, 4) is 0 Å². The van der Waals surface area contributed by atoms with Crippen LogP contribution in [0.3, 0.4) is 0 Å². The smallest absolute Gasteiger partial charge is 0.223 e. The molecule has 1 aromatic rings. The van der Waals surface area contributed by atoms with Gasteiger partial charge in [0, 0.05) is 51.6 Å². The predicted molar refractivity (Wildman–Crippen MR) is 110 cm³/mol. The van der Waals surface area contributed by atoms with Crippen molar-refractivity contribution >= 4 is 17.8 Å². The van der Waals surface area contributed by atoms with Crippen molar-refractivity contribution in [3.63, 3.8) is 0 Å². The summed E-state index contributed by atoms with van der Waals surface area (Å²) in [5, 5.41) is 9.34. The molecule has 2 aliphatic rings. The van der Waals surface area contributed by atoms with E-state index < -0.39 is 0 Å². The summed E-state index contributed by atoms with van der Waals surface area (Å²) in [6, 6.07) is 8.23. The van der Waals surface area contributed by atoms with Gasteiger partial charge in [-0.15, -0.1) is 0 Å². The first kappa shape index (κ1) is 20.2. The molecule has 7 nitrogen and oxygen atoms in total. The second kappa shape index (κ2) is 10.1. The Labute approximate surface area is 167 Å². The highest BCUT2D eigenvalue weighted by Gasteiger charge is 2.29. The number of hydrogen-bond donors (Lipinski definition) is 3. The lowest BCUT2D eigenvalue weighted by molar-refractivity contribution is -0.131. The third-order valence-corrected chi connectivity index (χ3v) is 5.02. The second-order valence-corrected chi connectivity index (χ2v) is 7.37. The first-order valence-electron chi connectivity index (χ1n) is 10.3. The third kappa shape index (κ3) is 5.97. The quantitative estimate of drug-likeness (QED) is 0.341. The predicted octanol–water partition coefficient (Wildman–Crippen LogP) is 1.39. The van der Waals surface area contributed by atoms with Crippen LogP contribution in [0.5, 0.6) is 0 Å². The SMILES string of the molecule is CCNC(=NCCCC(=O)N1Cc2ccccc2C1)NCCNC(=O)C1CC1. The van der Waals surface area contributed by atoms with Crippen molar-refractivity contribution < 1.29 is 9.59 Å². The van der Waals surface area contributed by atoms with E-state index in [0.717, 1.165) is 44.9 Å². The number of benzene rings is 1. The normalized spacial score (nSPS) is 15.9. The molecule has 3 rings (SSSR count). The molecule has 0 spiro atoms. The summed E-state index contributed by atoms with van der Waals surface area (Å²) in [7, 11) is 0. The molecule has 0 radical (unpaired) electrons. The minimum Gasteiger partial charge on any atom is -0.357 e. The molecule has 1 fully saturated rings. The molecule has 0 aromatic heterocycles. The van der Waals surface area contributed by atoms with E-state index in [2.05, 4.69) is 33.1 Å². The molecule has 152 valence electrons. The Morgan fingerprint density at radius 1 is 1.07 bits per heavy atom. The number of fused-ring (bicyclic) bond motifs is 1. The summed E-state index contributed by atoms with van der Waals surface area (Å²) in [6.45, 7) is 6.04. The van der Waals surface area contributed by atoms with Gasteiger partial charge in [0.15, 0.2) is 5.96 Å². The minimum absolute atomic E-state index is 0.159. The summed E-state index contributed by atoms with van der Waals surface area (Å²) in [5.74, 6) is 1.31. The van der Waals surface area contributed by atoms with Crippen LogP contribution in [0.1, 0.15) is 43.7 Å². The Kier molecular flexibility index (Phi) is 7.28. The highest BCUT2D eigenvalue weighted by molar-refractivity contribution is 5.81. The van der Waals surface area contributed by atoms with Crippen molar-refractivity contribution in [1.29, 1.82) is 0 Å². The Morgan fingerprint density at radius 3 is 2.39 bits per heavy atom. The molecule has 1 heterocycles. The van der Waals surface area contributed by atoms with E-state index >= 15 is 0 Å². The van der Waals surface area contributed by atoms with Gasteiger partial charge in [0.2, 0.25) is 11.8 Å². The maximum Gasteiger partial charge on any atom is 0.223 e. The highest BCUT2D eigenvalue weighted by Crippen LogP contribution is 2.28. The molecule has 7 heteroatoms. The Balaban J connectivity index is 1.33. The average molecular weight is 386 g/mol. The van der Waals surface area contributed by atoms with E-state index in [1.54, 1.807) is 0 Å². The number of carbonyl (C=O) groups is 2. The zero-order valence-corrected chi connectivity index (χ0v) is 16.7. The van der Waals surface area contributed by atoms with Gasteiger partial charge in [0.1, 0.15) is 0 Å². The molecule has 3 N–H and O–H groups in total. The van der Waals surface area contributed by atoms with Crippen LogP contribution in [-0.4, -0.2) is 48.9 Å². The number of rotatable bonds is 9. The summed E-state index contributed by atoms with van der Waals surface area (Å²) in [6.07, 6.45) is 3.27. The van der Waals surface area contributed by atoms with Crippen LogP contribution >= 0.6 is 0 Å². The van der Waals surface area contributed by atoms with Crippen LogP contribution in [0.4, 0.5) is 0 Å². The molecule has 2 amide bonds. The van der Waals surface area contributed by atoms with Crippen LogP contribution in [0.2, 0.25) is 0 Å². The number of amides is 2. The minimum atomic E-state index is 0.159. The van der Waals surface area contributed by atoms with Gasteiger partial charge in [-0.2, -0.15) is 0 Å². The molecular weight excluding hydrogens is 354 g/mol. The van der Waals surface area contributed by atoms with Crippen molar-refractivity contribution in [1.82, 2.24) is 20.9 Å². The Bertz CT molecular complexity index is 690. The molecule has 0 unspecified atom stereocenters. The van der Waals surface area contributed by atoms with Crippen molar-refractivity contribution in [2.45, 2.75) is 45.7 Å². The largest absolute Gasteiger partial charge is 0.357 e. The lowest BCUT2D eigenvalue weighted by atomic mass is 10.1. The van der Waals surface area contributed by atoms with Gasteiger partial charge in [-0.25, -0.2) is 0 Å². The number of carbonyl (C=O) groups excluding carboxylic acids is 2. The molecular formula is C21H31N5O2. The van der Waals surface area contributed by atoms with Crippen molar-refractivity contribution in [2.75, 3.05) is 26.2 Å². The van der Waals surface area contributed by atoms with Crippen LogP contribution in [-0.2, 0) is 22.7 Å². The topological polar surface area (TPSA) is 85.8 Å². The van der Waals surface area contributed by atoms with Crippen molar-refractivity contribution in [2.24, 2.45) is 10.9 Å². The fourth-order valence-electron chi connectivity index (χ4n) is 3.29. The fourth-order valence-corrected chi connectivity index (χ4v) is 3.29. The standard InChI is InChI=1S/C21H31N5O2/c1-2-22-21(25-13-12-23-20(28)16-9-10-16)24-11-5-8-19(27)26-14-17-6-3-4-7-18(17)15-26/h3-4,6-7,16H,2,5,8-15H2,1H3,(H,23,28)(H2,22,24,25). The number of nitrogens with one attached hydrogen (secondary N) is 3. The second-order valence-electron chi connectivity index (χ2n) is 7.37. The van der Waals surface area contributed by atoms with E-state index in [1.165, 1.54) is 11.1 Å². The van der Waals surface area contributed by atoms with E-state index in [0.29, 0.717) is 26.1 Å². The van der Waals surface area contributed by atoms with E-state index in [9.17, 15) is 9.59 Å². The maximum absolute atomic E-state index is 12.4. The molecule has 0 saturated heterocycles. The number of hydrogen-bond acceptors (Lipinski definition) is 3. The average Bonchev–Trinajstić information content (AvgIpc) is 3.46. The molecule has 1 saturated carbocycles. The van der Waals surface area contributed by atoms with Gasteiger partial charge in [-0.1, -0.05) is 24.3 Å². The summed E-state index contributed by atoms with van der Waals surface area (Å²) in [4.78, 5) is 30.5. The molecule has 1 aliphatic carbocycles. The van der Waals surface area contributed by atoms with Crippen LogP contribution in [0.25, 0.3) is 0 Å². The molecule has 0 atom stereocenters. The van der Waals surface area contributed by atoms with Crippen LogP contribution in [0.15, 0.2) is 29.3 Å². The lowest BCUT2D eigenvalue weighted by Gasteiger charge is -2.15. The molecule has 28 heavy (non-hydrogen) atoms. The monoisotopic (exact) mass is 385 g/mol. The van der Waals surface area contributed by atoms with Gasteiger partial charge in [-0.3, -0.25) is 14.6 Å². The van der Waals surface area contributed by atoms with E-state index in [1.807, 2.05) is 24.0 Å². The first-order valence-corrected chi connectivity index (χ1v) is 10.3. The summed E-state index contributed by atoms with van der Waals surface area (Å²) in [5.41, 5.74) is 2.50. The van der Waals surface area contributed by atoms with Gasteiger partial charge in [0.25, 0.3) is 0 Å². The van der Waals surface area contributed by atoms with Crippen LogP contribution in [0, 0.1) is 5.92 Å². The zero-order chi connectivity index (χ0) is 19.8. The first-order chi connectivity index (χ1) is 13.7. The van der Waals surface area contributed by atoms with Gasteiger partial charge < -0.3 is 20.9 Å². The Hall–Kier alpha value is -2.57. The van der Waals surface area contributed by atoms with Gasteiger partial charge in [-0.05, 0) is 37.3 Å². The number of aliphatic imine (C=N–C) groups is 1. The maximum atomic E-state index is 12.4. The lowest BCUT2D eigenvalue weighted by Crippen LogP contribution is -2.41. The van der Waals surface area contributed by atoms with E-state index in [-0.39, 0.29) is 17.7 Å². The molecule has 0 bridgehead atoms. The number of nitrogens with zero attached hydrogens (tertiary/aromatic N) is 2. The number of guanidine groups is 1. The fraction of sp³-hybridized carbons (Fsp3) is 0.571. The zero-order valence-electron chi connectivity index (χ0n) is 16.7. The van der Waals surface area contributed by atoms with Gasteiger partial charge in [0.05, 0.1) is 0 Å². The highest BCUT2D eigenvalue weighted by atomic mass is 16.2. The summed E-state index contributed by atoms with van der Waals surface area (Å²) < 4.78 is 0. The van der Waals surface area contributed by atoms with Gasteiger partial charge >= 0.3 is 0 Å². The molecule has 1 aromatic carbocycles. The van der Waals surface area contributed by atoms with Crippen molar-refractivity contribution in [3.05, 3.63) is 35.4 Å². The third-order valence-electron chi connectivity index (χ3n) is 5.02. The van der Waals surface area contributed by atoms with Crippen LogP contribution < -0.4 is 16.0 Å². The molecule has 1 aliphatic heterocycles. The summed E-state index contributed by atoms with van der Waals surface area (Å²) >= 11 is 0. The Morgan fingerprint density at radius 2 is 1.75 bits per heavy atom. The van der Waals surface area contributed by atoms with E-state index in [4.69, 9.17) is 0 Å².